The molecule has 1 N–H and O–H groups in total. The van der Waals surface area contributed by atoms with Crippen molar-refractivity contribution in [3.05, 3.63) is 39.5 Å². The summed E-state index contributed by atoms with van der Waals surface area (Å²) in [5.74, 6) is 0.879. The van der Waals surface area contributed by atoms with Gasteiger partial charge in [0.05, 0.1) is 22.5 Å². The number of rotatable bonds is 2. The summed E-state index contributed by atoms with van der Waals surface area (Å²) < 4.78 is 1.76. The highest BCUT2D eigenvalue weighted by Gasteiger charge is 2.28. The summed E-state index contributed by atoms with van der Waals surface area (Å²) in [6.45, 7) is 2.62. The molecule has 0 aliphatic carbocycles. The molecule has 1 aliphatic heterocycles. The predicted molar refractivity (Wildman–Crippen MR) is 85.6 cm³/mol. The largest absolute Gasteiger partial charge is 0.387 e. The lowest BCUT2D eigenvalue weighted by atomic mass is 10.0. The van der Waals surface area contributed by atoms with Gasteiger partial charge in [-0.15, -0.1) is 0 Å². The number of halogens is 2. The number of aliphatic hydroxyl groups is 1. The second-order valence-corrected chi connectivity index (χ2v) is 6.18. The van der Waals surface area contributed by atoms with Crippen LogP contribution in [0, 0.1) is 0 Å². The van der Waals surface area contributed by atoms with Crippen molar-refractivity contribution in [3.8, 4) is 0 Å². The third kappa shape index (κ3) is 2.52. The van der Waals surface area contributed by atoms with Crippen LogP contribution < -0.4 is 4.90 Å². The lowest BCUT2D eigenvalue weighted by Gasteiger charge is -2.28. The Kier molecular flexibility index (Phi) is 3.86. The molecular weight excluding hydrogens is 309 g/mol. The van der Waals surface area contributed by atoms with Crippen molar-refractivity contribution in [1.82, 2.24) is 9.78 Å². The summed E-state index contributed by atoms with van der Waals surface area (Å²) in [7, 11) is 1.86. The Morgan fingerprint density at radius 1 is 1.33 bits per heavy atom. The number of aryl methyl sites for hydroxylation is 1. The monoisotopic (exact) mass is 325 g/mol. The standard InChI is InChI=1S/C15H17Cl2N3O/c1-9(21)14-11-4-3-7-20(15(11)18-19(14)2)13-6-5-10(16)8-12(13)17/h5-6,8-9,21H,3-4,7H2,1-2H3. The molecule has 0 amide bonds. The topological polar surface area (TPSA) is 41.3 Å². The van der Waals surface area contributed by atoms with E-state index in [4.69, 9.17) is 23.2 Å². The third-order valence-corrected chi connectivity index (χ3v) is 4.37. The van der Waals surface area contributed by atoms with Gasteiger partial charge in [-0.05, 0) is 38.0 Å². The van der Waals surface area contributed by atoms with Crippen molar-refractivity contribution in [1.29, 1.82) is 0 Å². The number of anilines is 2. The summed E-state index contributed by atoms with van der Waals surface area (Å²) in [5.41, 5.74) is 2.88. The van der Waals surface area contributed by atoms with Crippen LogP contribution >= 0.6 is 23.2 Å². The minimum atomic E-state index is -0.535. The van der Waals surface area contributed by atoms with Gasteiger partial charge in [0.15, 0.2) is 5.82 Å². The molecule has 6 heteroatoms. The molecule has 0 bridgehead atoms. The SMILES string of the molecule is CC(O)c1c2c(nn1C)N(c1ccc(Cl)cc1Cl)CCC2. The first-order chi connectivity index (χ1) is 9.99. The number of hydrogen-bond donors (Lipinski definition) is 1. The quantitative estimate of drug-likeness (QED) is 0.911. The van der Waals surface area contributed by atoms with Crippen molar-refractivity contribution in [3.63, 3.8) is 0 Å². The minimum absolute atomic E-state index is 0.535. The van der Waals surface area contributed by atoms with Crippen LogP contribution in [0.4, 0.5) is 11.5 Å². The van der Waals surface area contributed by atoms with Gasteiger partial charge in [-0.1, -0.05) is 23.2 Å². The molecule has 0 spiro atoms. The summed E-state index contributed by atoms with van der Waals surface area (Å²) in [5, 5.41) is 15.8. The van der Waals surface area contributed by atoms with Gasteiger partial charge in [0.25, 0.3) is 0 Å². The van der Waals surface area contributed by atoms with Crippen LogP contribution in [0.15, 0.2) is 18.2 Å². The van der Waals surface area contributed by atoms with Crippen molar-refractivity contribution >= 4 is 34.7 Å². The molecule has 0 saturated heterocycles. The Hall–Kier alpha value is -1.23. The van der Waals surface area contributed by atoms with Crippen LogP contribution in [0.1, 0.15) is 30.7 Å². The van der Waals surface area contributed by atoms with Gasteiger partial charge in [0.1, 0.15) is 0 Å². The number of aromatic nitrogens is 2. The van der Waals surface area contributed by atoms with Crippen molar-refractivity contribution in [2.45, 2.75) is 25.9 Å². The van der Waals surface area contributed by atoms with E-state index in [-0.39, 0.29) is 0 Å². The van der Waals surface area contributed by atoms with E-state index in [1.54, 1.807) is 17.7 Å². The predicted octanol–water partition coefficient (Wildman–Crippen LogP) is 3.86. The number of fused-ring (bicyclic) bond motifs is 1. The van der Waals surface area contributed by atoms with E-state index in [1.807, 2.05) is 19.2 Å². The Morgan fingerprint density at radius 3 is 2.76 bits per heavy atom. The van der Waals surface area contributed by atoms with Gasteiger partial charge >= 0.3 is 0 Å². The number of nitrogens with zero attached hydrogens (tertiary/aromatic N) is 3. The van der Waals surface area contributed by atoms with Gasteiger partial charge in [-0.25, -0.2) is 0 Å². The minimum Gasteiger partial charge on any atom is -0.387 e. The highest BCUT2D eigenvalue weighted by atomic mass is 35.5. The maximum atomic E-state index is 9.97. The molecule has 4 nitrogen and oxygen atoms in total. The lowest BCUT2D eigenvalue weighted by molar-refractivity contribution is 0.188. The first-order valence-electron chi connectivity index (χ1n) is 6.95. The maximum absolute atomic E-state index is 9.97. The smallest absolute Gasteiger partial charge is 0.158 e. The highest BCUT2D eigenvalue weighted by Crippen LogP contribution is 2.39. The fourth-order valence-corrected chi connectivity index (χ4v) is 3.51. The fourth-order valence-electron chi connectivity index (χ4n) is 3.00. The lowest BCUT2D eigenvalue weighted by Crippen LogP contribution is -2.25. The summed E-state index contributed by atoms with van der Waals surface area (Å²) >= 11 is 12.3. The molecule has 21 heavy (non-hydrogen) atoms. The molecule has 0 radical (unpaired) electrons. The molecule has 1 aliphatic rings. The van der Waals surface area contributed by atoms with Gasteiger partial charge in [0, 0.05) is 24.2 Å². The molecule has 0 fully saturated rings. The van der Waals surface area contributed by atoms with Gasteiger partial charge in [-0.3, -0.25) is 4.68 Å². The molecule has 1 unspecified atom stereocenters. The van der Waals surface area contributed by atoms with Crippen LogP contribution in [-0.2, 0) is 13.5 Å². The van der Waals surface area contributed by atoms with Crippen LogP contribution in [0.3, 0.4) is 0 Å². The molecule has 2 aromatic rings. The van der Waals surface area contributed by atoms with Crippen molar-refractivity contribution in [2.75, 3.05) is 11.4 Å². The number of benzene rings is 1. The molecule has 112 valence electrons. The first-order valence-corrected chi connectivity index (χ1v) is 7.71. The van der Waals surface area contributed by atoms with Crippen LogP contribution in [0.25, 0.3) is 0 Å². The zero-order valence-electron chi connectivity index (χ0n) is 12.0. The normalized spacial score (nSPS) is 16.0. The first kappa shape index (κ1) is 14.7. The van der Waals surface area contributed by atoms with E-state index in [1.165, 1.54) is 0 Å². The van der Waals surface area contributed by atoms with Crippen molar-refractivity contribution < 1.29 is 5.11 Å². The fraction of sp³-hybridized carbons (Fsp3) is 0.400. The maximum Gasteiger partial charge on any atom is 0.158 e. The second kappa shape index (κ2) is 5.52. The van der Waals surface area contributed by atoms with E-state index in [0.717, 1.165) is 42.1 Å². The Bertz CT molecular complexity index is 682. The van der Waals surface area contributed by atoms with Gasteiger partial charge in [-0.2, -0.15) is 5.10 Å². The molecule has 1 atom stereocenters. The molecule has 2 heterocycles. The third-order valence-electron chi connectivity index (χ3n) is 3.83. The van der Waals surface area contributed by atoms with E-state index >= 15 is 0 Å². The van der Waals surface area contributed by atoms with E-state index in [0.29, 0.717) is 10.0 Å². The van der Waals surface area contributed by atoms with E-state index in [2.05, 4.69) is 10.00 Å². The van der Waals surface area contributed by atoms with E-state index in [9.17, 15) is 5.11 Å². The number of aliphatic hydroxyl groups excluding tert-OH is 1. The van der Waals surface area contributed by atoms with Gasteiger partial charge in [0.2, 0.25) is 0 Å². The average molecular weight is 326 g/mol. The Labute approximate surface area is 133 Å². The summed E-state index contributed by atoms with van der Waals surface area (Å²) in [6, 6.07) is 5.48. The van der Waals surface area contributed by atoms with Crippen molar-refractivity contribution in [2.24, 2.45) is 7.05 Å². The molecule has 1 aromatic carbocycles. The van der Waals surface area contributed by atoms with Crippen LogP contribution in [0.5, 0.6) is 0 Å². The highest BCUT2D eigenvalue weighted by molar-refractivity contribution is 6.36. The number of hydrogen-bond acceptors (Lipinski definition) is 3. The van der Waals surface area contributed by atoms with Crippen LogP contribution in [-0.4, -0.2) is 21.4 Å². The zero-order chi connectivity index (χ0) is 15.1. The Balaban J connectivity index is 2.11. The van der Waals surface area contributed by atoms with Crippen LogP contribution in [0.2, 0.25) is 10.0 Å². The second-order valence-electron chi connectivity index (χ2n) is 5.34. The molecule has 0 saturated carbocycles. The summed E-state index contributed by atoms with van der Waals surface area (Å²) in [4.78, 5) is 2.10. The molecule has 3 rings (SSSR count). The summed E-state index contributed by atoms with van der Waals surface area (Å²) in [6.07, 6.45) is 1.38. The van der Waals surface area contributed by atoms with Gasteiger partial charge < -0.3 is 10.0 Å². The zero-order valence-corrected chi connectivity index (χ0v) is 13.5. The van der Waals surface area contributed by atoms with E-state index < -0.39 is 6.10 Å². The molecule has 1 aromatic heterocycles. The average Bonchev–Trinajstić information content (AvgIpc) is 2.75. The molecular formula is C15H17Cl2N3O. The Morgan fingerprint density at radius 2 is 2.10 bits per heavy atom.